The zero-order valence-corrected chi connectivity index (χ0v) is 22.1. The van der Waals surface area contributed by atoms with Gasteiger partial charge < -0.3 is 10.2 Å². The highest BCUT2D eigenvalue weighted by Gasteiger charge is 2.18. The molecule has 0 aliphatic rings. The van der Waals surface area contributed by atoms with Gasteiger partial charge in [-0.05, 0) is 49.1 Å². The summed E-state index contributed by atoms with van der Waals surface area (Å²) in [5.41, 5.74) is 3.47. The van der Waals surface area contributed by atoms with E-state index in [9.17, 15) is 9.18 Å². The van der Waals surface area contributed by atoms with E-state index in [1.165, 1.54) is 34.8 Å². The topological polar surface area (TPSA) is 58.1 Å². The van der Waals surface area contributed by atoms with Gasteiger partial charge in [-0.15, -0.1) is 0 Å². The Balaban J connectivity index is 1.30. The van der Waals surface area contributed by atoms with Crippen LogP contribution in [0.3, 0.4) is 0 Å². The zero-order valence-electron chi connectivity index (χ0n) is 21.3. The summed E-state index contributed by atoms with van der Waals surface area (Å²) >= 11 is 1.34. The van der Waals surface area contributed by atoms with Gasteiger partial charge in [-0.3, -0.25) is 4.79 Å². The summed E-state index contributed by atoms with van der Waals surface area (Å²) in [5, 5.41) is 3.91. The molecule has 7 heteroatoms. The summed E-state index contributed by atoms with van der Waals surface area (Å²) < 4.78 is 17.7. The van der Waals surface area contributed by atoms with Gasteiger partial charge in [-0.2, -0.15) is 4.37 Å². The molecule has 0 saturated carbocycles. The molecule has 0 atom stereocenters. The van der Waals surface area contributed by atoms with Crippen molar-refractivity contribution in [2.75, 3.05) is 18.0 Å². The predicted molar refractivity (Wildman–Crippen MR) is 149 cm³/mol. The van der Waals surface area contributed by atoms with Crippen molar-refractivity contribution in [3.63, 3.8) is 0 Å². The molecule has 1 heterocycles. The molecule has 0 spiro atoms. The molecule has 3 aromatic carbocycles. The van der Waals surface area contributed by atoms with Gasteiger partial charge in [0.2, 0.25) is 11.0 Å². The monoisotopic (exact) mass is 516 g/mol. The van der Waals surface area contributed by atoms with Gasteiger partial charge in [0.05, 0.1) is 0 Å². The fraction of sp³-hybridized carbons (Fsp3) is 0.300. The van der Waals surface area contributed by atoms with E-state index in [1.807, 2.05) is 12.1 Å². The van der Waals surface area contributed by atoms with Crippen LogP contribution in [0.15, 0.2) is 84.9 Å². The molecule has 1 aromatic heterocycles. The predicted octanol–water partition coefficient (Wildman–Crippen LogP) is 6.21. The van der Waals surface area contributed by atoms with Crippen molar-refractivity contribution in [2.24, 2.45) is 0 Å². The third-order valence-corrected chi connectivity index (χ3v) is 7.13. The zero-order chi connectivity index (χ0) is 26.0. The summed E-state index contributed by atoms with van der Waals surface area (Å²) in [4.78, 5) is 19.5. The lowest BCUT2D eigenvalue weighted by Crippen LogP contribution is -2.35. The Bertz CT molecular complexity index is 1210. The molecule has 37 heavy (non-hydrogen) atoms. The minimum Gasteiger partial charge on any atom is -0.356 e. The first-order valence-electron chi connectivity index (χ1n) is 12.7. The molecular formula is C30H33FN4OS. The number of amides is 1. The Morgan fingerprint density at radius 3 is 2.16 bits per heavy atom. The van der Waals surface area contributed by atoms with Crippen molar-refractivity contribution in [1.82, 2.24) is 14.7 Å². The number of hydrogen-bond donors (Lipinski definition) is 1. The van der Waals surface area contributed by atoms with Crippen LogP contribution in [0.1, 0.15) is 55.1 Å². The quantitative estimate of drug-likeness (QED) is 0.243. The highest BCUT2D eigenvalue weighted by atomic mass is 32.1. The highest BCUT2D eigenvalue weighted by molar-refractivity contribution is 7.09. The molecule has 4 aromatic rings. The summed E-state index contributed by atoms with van der Waals surface area (Å²) in [6.45, 7) is 5.34. The second-order valence-electron chi connectivity index (χ2n) is 9.35. The molecule has 0 unspecified atom stereocenters. The normalized spacial score (nSPS) is 11.2. The number of nitrogens with one attached hydrogen (secondary N) is 1. The minimum atomic E-state index is -0.254. The second kappa shape index (κ2) is 13.1. The van der Waals surface area contributed by atoms with Crippen LogP contribution in [0.5, 0.6) is 0 Å². The Morgan fingerprint density at radius 2 is 1.57 bits per heavy atom. The average molecular weight is 517 g/mol. The summed E-state index contributed by atoms with van der Waals surface area (Å²) in [6.07, 6.45) is 1.76. The van der Waals surface area contributed by atoms with E-state index in [1.54, 1.807) is 12.1 Å². The van der Waals surface area contributed by atoms with Gasteiger partial charge in [0, 0.05) is 49.4 Å². The second-order valence-corrected chi connectivity index (χ2v) is 10.1. The van der Waals surface area contributed by atoms with Crippen molar-refractivity contribution in [3.05, 3.63) is 113 Å². The standard InChI is InChI=1S/C30H33FN4OS/c1-22(2)35(30-33-28(34-37-30)21-23-13-15-26(31)16-14-23)20-18-29(36)32-19-17-27(24-9-5-3-6-10-24)25-11-7-4-8-12-25/h3-16,22,27H,17-21H2,1-2H3,(H,32,36). The van der Waals surface area contributed by atoms with Crippen molar-refractivity contribution < 1.29 is 9.18 Å². The molecule has 5 nitrogen and oxygen atoms in total. The Hall–Kier alpha value is -3.58. The van der Waals surface area contributed by atoms with Crippen LogP contribution in [0, 0.1) is 5.82 Å². The Labute approximate surface area is 222 Å². The molecule has 4 rings (SSSR count). The lowest BCUT2D eigenvalue weighted by atomic mass is 9.88. The van der Waals surface area contributed by atoms with Crippen LogP contribution >= 0.6 is 11.5 Å². The van der Waals surface area contributed by atoms with Crippen molar-refractivity contribution in [3.8, 4) is 0 Å². The maximum Gasteiger partial charge on any atom is 0.221 e. The van der Waals surface area contributed by atoms with Gasteiger partial charge >= 0.3 is 0 Å². The fourth-order valence-electron chi connectivity index (χ4n) is 4.36. The average Bonchev–Trinajstić information content (AvgIpc) is 3.37. The van der Waals surface area contributed by atoms with E-state index in [4.69, 9.17) is 0 Å². The number of anilines is 1. The number of aromatic nitrogens is 2. The van der Waals surface area contributed by atoms with Crippen LogP contribution in [0.4, 0.5) is 9.52 Å². The SMILES string of the molecule is CC(C)N(CCC(=O)NCCC(c1ccccc1)c1ccccc1)c1nc(Cc2ccc(F)cc2)ns1. The van der Waals surface area contributed by atoms with Crippen molar-refractivity contribution in [1.29, 1.82) is 0 Å². The van der Waals surface area contributed by atoms with E-state index in [2.05, 4.69) is 82.0 Å². The smallest absolute Gasteiger partial charge is 0.221 e. The molecule has 0 aliphatic heterocycles. The van der Waals surface area contributed by atoms with E-state index in [0.29, 0.717) is 31.8 Å². The van der Waals surface area contributed by atoms with Gasteiger partial charge in [-0.1, -0.05) is 72.8 Å². The van der Waals surface area contributed by atoms with Gasteiger partial charge in [0.1, 0.15) is 11.6 Å². The molecule has 0 bridgehead atoms. The molecule has 0 radical (unpaired) electrons. The van der Waals surface area contributed by atoms with Gasteiger partial charge in [-0.25, -0.2) is 9.37 Å². The molecule has 192 valence electrons. The first-order valence-corrected chi connectivity index (χ1v) is 13.5. The molecule has 1 N–H and O–H groups in total. The summed E-state index contributed by atoms with van der Waals surface area (Å²) in [6, 6.07) is 27.4. The van der Waals surface area contributed by atoms with E-state index >= 15 is 0 Å². The minimum absolute atomic E-state index is 0.0292. The van der Waals surface area contributed by atoms with Gasteiger partial charge in [0.25, 0.3) is 0 Å². The lowest BCUT2D eigenvalue weighted by Gasteiger charge is -2.25. The summed E-state index contributed by atoms with van der Waals surface area (Å²) in [7, 11) is 0. The molecule has 0 aliphatic carbocycles. The van der Waals surface area contributed by atoms with Crippen LogP contribution < -0.4 is 10.2 Å². The van der Waals surface area contributed by atoms with E-state index < -0.39 is 0 Å². The molecule has 1 amide bonds. The largest absolute Gasteiger partial charge is 0.356 e. The van der Waals surface area contributed by atoms with Crippen molar-refractivity contribution in [2.45, 2.75) is 45.1 Å². The van der Waals surface area contributed by atoms with Crippen LogP contribution in [-0.2, 0) is 11.2 Å². The van der Waals surface area contributed by atoms with Crippen LogP contribution in [-0.4, -0.2) is 34.4 Å². The van der Waals surface area contributed by atoms with Crippen LogP contribution in [0.25, 0.3) is 0 Å². The first kappa shape index (κ1) is 26.5. The molecule has 0 fully saturated rings. The number of benzene rings is 3. The number of nitrogens with zero attached hydrogens (tertiary/aromatic N) is 3. The van der Waals surface area contributed by atoms with Crippen LogP contribution in [0.2, 0.25) is 0 Å². The van der Waals surface area contributed by atoms with E-state index in [0.717, 1.165) is 17.1 Å². The summed E-state index contributed by atoms with van der Waals surface area (Å²) in [5.74, 6) is 0.711. The molecular weight excluding hydrogens is 483 g/mol. The Kier molecular flexibility index (Phi) is 9.38. The maximum atomic E-state index is 13.2. The van der Waals surface area contributed by atoms with Gasteiger partial charge in [0.15, 0.2) is 0 Å². The maximum absolute atomic E-state index is 13.2. The number of hydrogen-bond acceptors (Lipinski definition) is 5. The van der Waals surface area contributed by atoms with Crippen molar-refractivity contribution >= 4 is 22.6 Å². The number of rotatable bonds is 12. The third kappa shape index (κ3) is 7.70. The van der Waals surface area contributed by atoms with E-state index in [-0.39, 0.29) is 23.7 Å². The Morgan fingerprint density at radius 1 is 0.946 bits per heavy atom. The molecule has 0 saturated heterocycles. The lowest BCUT2D eigenvalue weighted by molar-refractivity contribution is -0.120. The highest BCUT2D eigenvalue weighted by Crippen LogP contribution is 2.27. The first-order chi connectivity index (χ1) is 18.0. The fourth-order valence-corrected chi connectivity index (χ4v) is 5.20. The number of carbonyl (C=O) groups excluding carboxylic acids is 1. The number of halogens is 1. The number of carbonyl (C=O) groups is 1. The third-order valence-electron chi connectivity index (χ3n) is 6.34.